The Bertz CT molecular complexity index is 833. The highest BCUT2D eigenvalue weighted by Gasteiger charge is 2.14. The minimum Gasteiger partial charge on any atom is -0.378 e. The second-order valence-corrected chi connectivity index (χ2v) is 5.61. The van der Waals surface area contributed by atoms with Gasteiger partial charge in [-0.05, 0) is 37.3 Å². The van der Waals surface area contributed by atoms with Gasteiger partial charge in [0.25, 0.3) is 17.5 Å². The molecule has 0 atom stereocenters. The van der Waals surface area contributed by atoms with Crippen LogP contribution in [0, 0.1) is 17.0 Å². The van der Waals surface area contributed by atoms with Crippen LogP contribution in [0.1, 0.15) is 26.3 Å². The van der Waals surface area contributed by atoms with Gasteiger partial charge in [0.15, 0.2) is 0 Å². The Kier molecular flexibility index (Phi) is 5.33. The normalized spacial score (nSPS) is 10.0. The number of nitrogens with zero attached hydrogens (tertiary/aromatic N) is 2. The molecule has 0 aliphatic rings. The zero-order valence-electron chi connectivity index (χ0n) is 14.1. The van der Waals surface area contributed by atoms with E-state index in [2.05, 4.69) is 10.9 Å². The zero-order chi connectivity index (χ0) is 18.6. The molecule has 0 aromatic heterocycles. The van der Waals surface area contributed by atoms with Gasteiger partial charge in [-0.15, -0.1) is 0 Å². The Hall–Kier alpha value is -3.42. The molecule has 25 heavy (non-hydrogen) atoms. The maximum absolute atomic E-state index is 12.1. The number of hydrogen-bond acceptors (Lipinski definition) is 5. The van der Waals surface area contributed by atoms with Gasteiger partial charge in [-0.2, -0.15) is 0 Å². The van der Waals surface area contributed by atoms with Crippen molar-refractivity contribution in [2.24, 2.45) is 0 Å². The lowest BCUT2D eigenvalue weighted by molar-refractivity contribution is -0.385. The quantitative estimate of drug-likeness (QED) is 0.653. The molecule has 8 nitrogen and oxygen atoms in total. The van der Waals surface area contributed by atoms with Crippen LogP contribution in [0.25, 0.3) is 0 Å². The number of nitro groups is 1. The van der Waals surface area contributed by atoms with Crippen LogP contribution in [-0.4, -0.2) is 30.8 Å². The SMILES string of the molecule is Cc1cc(C(=O)NNC(=O)c2cccc(N(C)C)c2)ccc1[N+](=O)[O-]. The lowest BCUT2D eigenvalue weighted by Gasteiger charge is -2.13. The molecule has 130 valence electrons. The third kappa shape index (κ3) is 4.31. The van der Waals surface area contributed by atoms with E-state index in [-0.39, 0.29) is 11.3 Å². The van der Waals surface area contributed by atoms with Gasteiger partial charge in [0, 0.05) is 42.5 Å². The lowest BCUT2D eigenvalue weighted by atomic mass is 10.1. The van der Waals surface area contributed by atoms with Crippen molar-refractivity contribution >= 4 is 23.2 Å². The first-order chi connectivity index (χ1) is 11.8. The van der Waals surface area contributed by atoms with E-state index in [0.717, 1.165) is 5.69 Å². The second-order valence-electron chi connectivity index (χ2n) is 5.61. The molecule has 2 rings (SSSR count). The van der Waals surface area contributed by atoms with Crippen LogP contribution in [0.3, 0.4) is 0 Å². The van der Waals surface area contributed by atoms with Crippen LogP contribution in [0.15, 0.2) is 42.5 Å². The van der Waals surface area contributed by atoms with E-state index in [1.54, 1.807) is 25.1 Å². The average molecular weight is 342 g/mol. The molecule has 2 amide bonds. The first-order valence-electron chi connectivity index (χ1n) is 7.42. The summed E-state index contributed by atoms with van der Waals surface area (Å²) in [7, 11) is 3.71. The Balaban J connectivity index is 2.04. The summed E-state index contributed by atoms with van der Waals surface area (Å²) in [6.07, 6.45) is 0. The molecule has 0 spiro atoms. The van der Waals surface area contributed by atoms with Gasteiger partial charge in [0.1, 0.15) is 0 Å². The van der Waals surface area contributed by atoms with Gasteiger partial charge in [0.2, 0.25) is 0 Å². The van der Waals surface area contributed by atoms with Crippen molar-refractivity contribution < 1.29 is 14.5 Å². The summed E-state index contributed by atoms with van der Waals surface area (Å²) in [6.45, 7) is 1.54. The lowest BCUT2D eigenvalue weighted by Crippen LogP contribution is -2.41. The van der Waals surface area contributed by atoms with Crippen molar-refractivity contribution in [1.82, 2.24) is 10.9 Å². The number of amides is 2. The standard InChI is InChI=1S/C17H18N4O4/c1-11-9-13(7-8-15(11)21(24)25)17(23)19-18-16(22)12-5-4-6-14(10-12)20(2)3/h4-10H,1-3H3,(H,18,22)(H,19,23). The Morgan fingerprint density at radius 1 is 1.00 bits per heavy atom. The van der Waals surface area contributed by atoms with E-state index in [4.69, 9.17) is 0 Å². The average Bonchev–Trinajstić information content (AvgIpc) is 2.58. The number of anilines is 1. The molecule has 2 aromatic carbocycles. The number of hydrogen-bond donors (Lipinski definition) is 2. The van der Waals surface area contributed by atoms with E-state index in [1.807, 2.05) is 25.1 Å². The first kappa shape index (κ1) is 17.9. The van der Waals surface area contributed by atoms with Crippen molar-refractivity contribution in [3.8, 4) is 0 Å². The maximum atomic E-state index is 12.1. The van der Waals surface area contributed by atoms with Gasteiger partial charge >= 0.3 is 0 Å². The molecule has 2 aromatic rings. The Labute approximate surface area is 144 Å². The molecule has 0 fully saturated rings. The third-order valence-corrected chi connectivity index (χ3v) is 3.57. The highest BCUT2D eigenvalue weighted by Crippen LogP contribution is 2.18. The molecule has 0 aliphatic heterocycles. The number of carbonyl (C=O) groups excluding carboxylic acids is 2. The number of carbonyl (C=O) groups is 2. The molecule has 8 heteroatoms. The Morgan fingerprint density at radius 2 is 1.60 bits per heavy atom. The van der Waals surface area contributed by atoms with Crippen molar-refractivity contribution in [2.75, 3.05) is 19.0 Å². The second kappa shape index (κ2) is 7.43. The number of nitrogens with one attached hydrogen (secondary N) is 2. The van der Waals surface area contributed by atoms with Crippen LogP contribution in [-0.2, 0) is 0 Å². The van der Waals surface area contributed by atoms with E-state index < -0.39 is 16.7 Å². The summed E-state index contributed by atoms with van der Waals surface area (Å²) in [5.41, 5.74) is 6.38. The molecule has 0 heterocycles. The minimum atomic E-state index is -0.560. The summed E-state index contributed by atoms with van der Waals surface area (Å²) in [5, 5.41) is 10.8. The van der Waals surface area contributed by atoms with Crippen molar-refractivity contribution in [3.05, 3.63) is 69.3 Å². The minimum absolute atomic E-state index is 0.0684. The van der Waals surface area contributed by atoms with Gasteiger partial charge in [-0.25, -0.2) is 0 Å². The highest BCUT2D eigenvalue weighted by atomic mass is 16.6. The van der Waals surface area contributed by atoms with E-state index in [9.17, 15) is 19.7 Å². The third-order valence-electron chi connectivity index (χ3n) is 3.57. The van der Waals surface area contributed by atoms with E-state index in [0.29, 0.717) is 11.1 Å². The smallest absolute Gasteiger partial charge is 0.272 e. The number of aryl methyl sites for hydroxylation is 1. The molecule has 0 unspecified atom stereocenters. The molecule has 0 saturated heterocycles. The number of benzene rings is 2. The fourth-order valence-corrected chi connectivity index (χ4v) is 2.18. The predicted octanol–water partition coefficient (Wildman–Crippen LogP) is 2.04. The molecular formula is C17H18N4O4. The monoisotopic (exact) mass is 342 g/mol. The van der Waals surface area contributed by atoms with Crippen LogP contribution >= 0.6 is 0 Å². The Morgan fingerprint density at radius 3 is 2.12 bits per heavy atom. The molecule has 0 bridgehead atoms. The number of hydrazine groups is 1. The number of rotatable bonds is 4. The zero-order valence-corrected chi connectivity index (χ0v) is 14.1. The fourth-order valence-electron chi connectivity index (χ4n) is 2.18. The van der Waals surface area contributed by atoms with E-state index in [1.165, 1.54) is 18.2 Å². The molecule has 0 aliphatic carbocycles. The van der Waals surface area contributed by atoms with E-state index >= 15 is 0 Å². The molecule has 0 radical (unpaired) electrons. The topological polar surface area (TPSA) is 105 Å². The summed E-state index contributed by atoms with van der Waals surface area (Å²) >= 11 is 0. The number of nitro benzene ring substituents is 1. The highest BCUT2D eigenvalue weighted by molar-refractivity contribution is 5.99. The summed E-state index contributed by atoms with van der Waals surface area (Å²) in [6, 6.07) is 10.9. The van der Waals surface area contributed by atoms with Crippen LogP contribution < -0.4 is 15.8 Å². The predicted molar refractivity (Wildman–Crippen MR) is 93.5 cm³/mol. The van der Waals surface area contributed by atoms with Gasteiger partial charge in [-0.3, -0.25) is 30.6 Å². The fraction of sp³-hybridized carbons (Fsp3) is 0.176. The molecule has 0 saturated carbocycles. The van der Waals surface area contributed by atoms with Crippen molar-refractivity contribution in [2.45, 2.75) is 6.92 Å². The van der Waals surface area contributed by atoms with Crippen molar-refractivity contribution in [3.63, 3.8) is 0 Å². The van der Waals surface area contributed by atoms with Crippen LogP contribution in [0.5, 0.6) is 0 Å². The maximum Gasteiger partial charge on any atom is 0.272 e. The molecular weight excluding hydrogens is 324 g/mol. The molecule has 2 N–H and O–H groups in total. The summed E-state index contributed by atoms with van der Waals surface area (Å²) in [5.74, 6) is -1.02. The van der Waals surface area contributed by atoms with Gasteiger partial charge in [-0.1, -0.05) is 6.07 Å². The summed E-state index contributed by atoms with van der Waals surface area (Å²) in [4.78, 5) is 36.4. The first-order valence-corrected chi connectivity index (χ1v) is 7.42. The largest absolute Gasteiger partial charge is 0.378 e. The van der Waals surface area contributed by atoms with Crippen molar-refractivity contribution in [1.29, 1.82) is 0 Å². The summed E-state index contributed by atoms with van der Waals surface area (Å²) < 4.78 is 0. The van der Waals surface area contributed by atoms with Crippen LogP contribution in [0.4, 0.5) is 11.4 Å². The van der Waals surface area contributed by atoms with Gasteiger partial charge < -0.3 is 4.90 Å². The van der Waals surface area contributed by atoms with Crippen LogP contribution in [0.2, 0.25) is 0 Å². The van der Waals surface area contributed by atoms with Gasteiger partial charge in [0.05, 0.1) is 4.92 Å².